The van der Waals surface area contributed by atoms with E-state index < -0.39 is 119 Å². The molecule has 2 aromatic carbocycles. The van der Waals surface area contributed by atoms with E-state index in [1.807, 2.05) is 0 Å². The van der Waals surface area contributed by atoms with Gasteiger partial charge >= 0.3 is 28.4 Å². The molecule has 47 heavy (non-hydrogen) atoms. The standard InChI is InChI=1S/C14HN11O22/c26-17(27)2-1-3(18(28)29)10(45-23(38)39)6(19(30)31)4(2)13-15-16-14(44-13)5-7(20(32)33)11(46-24(40)41)9(22(36)37)12(47-25(42)43)8(5)21(34)35/h1H. The second-order valence-electron chi connectivity index (χ2n) is 7.45. The number of aromatic nitrogens is 2. The zero-order chi connectivity index (χ0) is 35.7. The lowest BCUT2D eigenvalue weighted by molar-refractivity contribution is -0.715. The summed E-state index contributed by atoms with van der Waals surface area (Å²) in [5.74, 6) is -9.72. The minimum absolute atomic E-state index is 0.145. The van der Waals surface area contributed by atoms with E-state index in [2.05, 4.69) is 24.7 Å². The van der Waals surface area contributed by atoms with E-state index >= 15 is 0 Å². The Morgan fingerprint density at radius 1 is 0.447 bits per heavy atom. The van der Waals surface area contributed by atoms with Gasteiger partial charge in [-0.15, -0.1) is 40.5 Å². The topological polar surface area (TPSA) is 455 Å². The number of nitrogens with zero attached hydrogens (tertiary/aromatic N) is 11. The lowest BCUT2D eigenvalue weighted by Crippen LogP contribution is -2.14. The fourth-order valence-corrected chi connectivity index (χ4v) is 3.58. The highest BCUT2D eigenvalue weighted by molar-refractivity contribution is 5.91. The minimum Gasteiger partial charge on any atom is -0.415 e. The van der Waals surface area contributed by atoms with Crippen molar-refractivity contribution >= 4 is 34.1 Å². The maximum absolute atomic E-state index is 12.0. The van der Waals surface area contributed by atoms with E-state index in [9.17, 15) is 91.0 Å². The van der Waals surface area contributed by atoms with Crippen LogP contribution in [-0.4, -0.2) is 55.0 Å². The number of benzene rings is 2. The summed E-state index contributed by atoms with van der Waals surface area (Å²) in [5, 5.41) is 104. The van der Waals surface area contributed by atoms with Crippen LogP contribution in [0, 0.1) is 91.0 Å². The zero-order valence-electron chi connectivity index (χ0n) is 21.0. The second kappa shape index (κ2) is 12.1. The molecule has 0 N–H and O–H groups in total. The van der Waals surface area contributed by atoms with E-state index in [-0.39, 0.29) is 6.07 Å². The second-order valence-corrected chi connectivity index (χ2v) is 7.45. The van der Waals surface area contributed by atoms with Gasteiger partial charge in [-0.3, -0.25) is 75.2 Å². The summed E-state index contributed by atoms with van der Waals surface area (Å²) in [6.45, 7) is 0. The van der Waals surface area contributed by atoms with Gasteiger partial charge in [-0.05, 0) is 0 Å². The highest BCUT2D eigenvalue weighted by atomic mass is 17.0. The van der Waals surface area contributed by atoms with Gasteiger partial charge in [0, 0.05) is 0 Å². The molecule has 0 saturated carbocycles. The molecule has 0 aliphatic rings. The summed E-state index contributed by atoms with van der Waals surface area (Å²) in [5.41, 5.74) is -15.7. The highest BCUT2D eigenvalue weighted by Gasteiger charge is 2.49. The lowest BCUT2D eigenvalue weighted by Gasteiger charge is -2.10. The molecule has 0 amide bonds. The Bertz CT molecular complexity index is 1930. The smallest absolute Gasteiger partial charge is 0.343 e. The summed E-state index contributed by atoms with van der Waals surface area (Å²) in [6, 6.07) is -0.145. The maximum atomic E-state index is 12.0. The van der Waals surface area contributed by atoms with Crippen molar-refractivity contribution in [1.82, 2.24) is 10.2 Å². The third-order valence-electron chi connectivity index (χ3n) is 5.02. The Balaban J connectivity index is 2.65. The fourth-order valence-electron chi connectivity index (χ4n) is 3.58. The molecule has 244 valence electrons. The van der Waals surface area contributed by atoms with Crippen LogP contribution in [0.4, 0.5) is 34.1 Å². The normalized spacial score (nSPS) is 10.4. The molecule has 0 aliphatic carbocycles. The first-order valence-electron chi connectivity index (χ1n) is 10.4. The van der Waals surface area contributed by atoms with Crippen LogP contribution in [0.15, 0.2) is 10.5 Å². The molecule has 1 heterocycles. The Labute approximate surface area is 246 Å². The molecule has 33 heteroatoms. The number of hydrogen-bond acceptors (Lipinski definition) is 24. The SMILES string of the molecule is O=[N+]([O-])Oc1c([N+](=O)[O-])cc([N+](=O)[O-])c(-c2nnc(-c3c([N+](=O)[O-])c(O[N+](=O)[O-])c([N+](=O)[O-])c(O[N+](=O)[O-])c3[N+](=O)[O-])o2)c1[N+](=O)[O-]. The first-order chi connectivity index (χ1) is 21.8. The third kappa shape index (κ3) is 6.06. The van der Waals surface area contributed by atoms with Crippen molar-refractivity contribution < 1.29 is 63.7 Å². The quantitative estimate of drug-likeness (QED) is 0.173. The first-order valence-corrected chi connectivity index (χ1v) is 10.4. The highest BCUT2D eigenvalue weighted by Crippen LogP contribution is 2.57. The summed E-state index contributed by atoms with van der Waals surface area (Å²) in [4.78, 5) is 105. The average Bonchev–Trinajstić information content (AvgIpc) is 3.39. The van der Waals surface area contributed by atoms with E-state index in [0.29, 0.717) is 0 Å². The minimum atomic E-state index is -2.25. The molecule has 3 aromatic rings. The molecular formula is C14HN11O22. The predicted octanol–water partition coefficient (Wildman–Crippen LogP) is 1.56. The van der Waals surface area contributed by atoms with Crippen molar-refractivity contribution in [3.05, 3.63) is 97.1 Å². The Hall–Kier alpha value is -8.42. The molecule has 0 spiro atoms. The summed E-state index contributed by atoms with van der Waals surface area (Å²) in [7, 11) is 0. The molecule has 0 atom stereocenters. The zero-order valence-corrected chi connectivity index (χ0v) is 21.0. The van der Waals surface area contributed by atoms with Crippen LogP contribution in [0.25, 0.3) is 22.9 Å². The van der Waals surface area contributed by atoms with Gasteiger partial charge in [0.05, 0.1) is 35.6 Å². The van der Waals surface area contributed by atoms with Crippen molar-refractivity contribution in [3.8, 4) is 40.2 Å². The van der Waals surface area contributed by atoms with E-state index in [1.165, 1.54) is 0 Å². The van der Waals surface area contributed by atoms with Crippen molar-refractivity contribution in [2.45, 2.75) is 0 Å². The van der Waals surface area contributed by atoms with Gasteiger partial charge in [0.2, 0.25) is 0 Å². The van der Waals surface area contributed by atoms with Gasteiger partial charge in [0.1, 0.15) is 0 Å². The molecule has 3 rings (SSSR count). The van der Waals surface area contributed by atoms with Gasteiger partial charge in [-0.1, -0.05) is 0 Å². The lowest BCUT2D eigenvalue weighted by atomic mass is 10.1. The van der Waals surface area contributed by atoms with Crippen molar-refractivity contribution in [2.75, 3.05) is 0 Å². The van der Waals surface area contributed by atoms with Gasteiger partial charge in [0.25, 0.3) is 50.0 Å². The van der Waals surface area contributed by atoms with E-state index in [0.717, 1.165) is 0 Å². The molecule has 0 aliphatic heterocycles. The van der Waals surface area contributed by atoms with Crippen LogP contribution in [0.5, 0.6) is 17.2 Å². The third-order valence-corrected chi connectivity index (χ3v) is 5.02. The van der Waals surface area contributed by atoms with E-state index in [1.54, 1.807) is 0 Å². The Morgan fingerprint density at radius 3 is 1.13 bits per heavy atom. The maximum Gasteiger partial charge on any atom is 0.343 e. The van der Waals surface area contributed by atoms with Crippen LogP contribution < -0.4 is 14.5 Å². The Kier molecular flexibility index (Phi) is 8.49. The van der Waals surface area contributed by atoms with Crippen LogP contribution in [0.3, 0.4) is 0 Å². The summed E-state index contributed by atoms with van der Waals surface area (Å²) < 4.78 is 4.84. The van der Waals surface area contributed by atoms with Crippen molar-refractivity contribution in [3.63, 3.8) is 0 Å². The fraction of sp³-hybridized carbons (Fsp3) is 0. The molecule has 33 nitrogen and oxygen atoms in total. The molecule has 0 bridgehead atoms. The summed E-state index contributed by atoms with van der Waals surface area (Å²) in [6.07, 6.45) is 0. The molecule has 0 fully saturated rings. The van der Waals surface area contributed by atoms with Gasteiger partial charge in [-0.25, -0.2) is 0 Å². The largest absolute Gasteiger partial charge is 0.415 e. The van der Waals surface area contributed by atoms with Crippen molar-refractivity contribution in [1.29, 1.82) is 0 Å². The number of nitro groups is 6. The van der Waals surface area contributed by atoms with Crippen molar-refractivity contribution in [2.24, 2.45) is 0 Å². The molecule has 0 unspecified atom stereocenters. The Morgan fingerprint density at radius 2 is 0.787 bits per heavy atom. The average molecular weight is 675 g/mol. The first kappa shape index (κ1) is 33.1. The van der Waals surface area contributed by atoms with Gasteiger partial charge in [0.15, 0.2) is 11.1 Å². The number of rotatable bonds is 14. The molecule has 0 radical (unpaired) electrons. The van der Waals surface area contributed by atoms with Gasteiger partial charge < -0.3 is 4.42 Å². The summed E-state index contributed by atoms with van der Waals surface area (Å²) >= 11 is 0. The van der Waals surface area contributed by atoms with Crippen LogP contribution >= 0.6 is 0 Å². The predicted molar refractivity (Wildman–Crippen MR) is 128 cm³/mol. The molecule has 1 aromatic heterocycles. The number of nitro benzene ring substituents is 6. The number of hydrogen-bond donors (Lipinski definition) is 0. The van der Waals surface area contributed by atoms with Crippen LogP contribution in [0.1, 0.15) is 0 Å². The van der Waals surface area contributed by atoms with Crippen LogP contribution in [0.2, 0.25) is 0 Å². The van der Waals surface area contributed by atoms with E-state index in [4.69, 9.17) is 4.42 Å². The monoisotopic (exact) mass is 675 g/mol. The molecule has 0 saturated heterocycles. The molecular weight excluding hydrogens is 674 g/mol. The van der Waals surface area contributed by atoms with Crippen LogP contribution in [-0.2, 0) is 0 Å². The van der Waals surface area contributed by atoms with Gasteiger partial charge in [-0.2, -0.15) is 0 Å².